The van der Waals surface area contributed by atoms with Crippen LogP contribution in [-0.4, -0.2) is 38.7 Å². The van der Waals surface area contributed by atoms with Crippen LogP contribution in [0.3, 0.4) is 0 Å². The van der Waals surface area contributed by atoms with Gasteiger partial charge in [-0.15, -0.1) is 0 Å². The predicted octanol–water partition coefficient (Wildman–Crippen LogP) is 3.47. The van der Waals surface area contributed by atoms with Crippen LogP contribution in [0, 0.1) is 0 Å². The van der Waals surface area contributed by atoms with Crippen LogP contribution in [0.5, 0.6) is 0 Å². The van der Waals surface area contributed by atoms with Crippen LogP contribution in [0.15, 0.2) is 34.2 Å². The number of para-hydroxylation sites is 1. The number of hydrogen-bond acceptors (Lipinski definition) is 4. The molecule has 2 heterocycles. The first kappa shape index (κ1) is 18.0. The molecule has 1 amide bonds. The summed E-state index contributed by atoms with van der Waals surface area (Å²) in [5, 5.41) is 1.02. The van der Waals surface area contributed by atoms with E-state index in [4.69, 9.17) is 4.98 Å². The van der Waals surface area contributed by atoms with Gasteiger partial charge in [0.1, 0.15) is 0 Å². The maximum atomic E-state index is 13.0. The third-order valence-electron chi connectivity index (χ3n) is 4.85. The Morgan fingerprint density at radius 1 is 1.24 bits per heavy atom. The second kappa shape index (κ2) is 7.60. The van der Waals surface area contributed by atoms with Crippen molar-refractivity contribution in [2.75, 3.05) is 13.1 Å². The molecule has 2 atom stereocenters. The summed E-state index contributed by atoms with van der Waals surface area (Å²) < 4.78 is 1.75. The lowest BCUT2D eigenvalue weighted by Gasteiger charge is -2.22. The number of fused-ring (bicyclic) bond motifs is 1. The van der Waals surface area contributed by atoms with Crippen molar-refractivity contribution in [3.05, 3.63) is 34.6 Å². The zero-order chi connectivity index (χ0) is 18.0. The van der Waals surface area contributed by atoms with Crippen molar-refractivity contribution in [1.29, 1.82) is 0 Å². The lowest BCUT2D eigenvalue weighted by atomic mass is 10.2. The fourth-order valence-electron chi connectivity index (χ4n) is 3.18. The molecule has 1 aliphatic rings. The fourth-order valence-corrected chi connectivity index (χ4v) is 4.28. The quantitative estimate of drug-likeness (QED) is 0.606. The lowest BCUT2D eigenvalue weighted by Crippen LogP contribution is -2.35. The van der Waals surface area contributed by atoms with Gasteiger partial charge in [0.05, 0.1) is 16.2 Å². The number of benzene rings is 1. The molecule has 1 saturated heterocycles. The predicted molar refractivity (Wildman–Crippen MR) is 102 cm³/mol. The third-order valence-corrected chi connectivity index (χ3v) is 5.91. The van der Waals surface area contributed by atoms with Crippen molar-refractivity contribution in [2.45, 2.75) is 56.5 Å². The molecule has 2 aromatic rings. The maximum absolute atomic E-state index is 13.0. The summed E-state index contributed by atoms with van der Waals surface area (Å²) >= 11 is 1.40. The minimum absolute atomic E-state index is 0.0247. The molecule has 0 N–H and O–H groups in total. The molecule has 0 unspecified atom stereocenters. The topological polar surface area (TPSA) is 55.2 Å². The molecule has 134 valence electrons. The number of nitrogens with zero attached hydrogens (tertiary/aromatic N) is 3. The molecule has 1 aromatic heterocycles. The molecule has 6 heteroatoms. The number of carbonyl (C=O) groups excluding carboxylic acids is 1. The van der Waals surface area contributed by atoms with E-state index in [1.54, 1.807) is 4.57 Å². The molecule has 0 saturated carbocycles. The highest BCUT2D eigenvalue weighted by Crippen LogP contribution is 2.27. The Kier molecular flexibility index (Phi) is 5.47. The van der Waals surface area contributed by atoms with Crippen molar-refractivity contribution >= 4 is 28.6 Å². The van der Waals surface area contributed by atoms with Crippen LogP contribution in [0.4, 0.5) is 0 Å². The molecule has 0 spiro atoms. The van der Waals surface area contributed by atoms with E-state index in [9.17, 15) is 9.59 Å². The van der Waals surface area contributed by atoms with Crippen LogP contribution in [0.2, 0.25) is 0 Å². The summed E-state index contributed by atoms with van der Waals surface area (Å²) in [6.45, 7) is 7.67. The first-order chi connectivity index (χ1) is 12.0. The van der Waals surface area contributed by atoms with E-state index < -0.39 is 0 Å². The number of thioether (sulfide) groups is 1. The molecule has 1 fully saturated rings. The van der Waals surface area contributed by atoms with Gasteiger partial charge in [0, 0.05) is 19.1 Å². The van der Waals surface area contributed by atoms with E-state index in [0.29, 0.717) is 16.1 Å². The zero-order valence-corrected chi connectivity index (χ0v) is 15.9. The Morgan fingerprint density at radius 2 is 1.92 bits per heavy atom. The first-order valence-electron chi connectivity index (χ1n) is 8.99. The average Bonchev–Trinajstić information content (AvgIpc) is 3.15. The van der Waals surface area contributed by atoms with E-state index in [0.717, 1.165) is 32.4 Å². The van der Waals surface area contributed by atoms with Gasteiger partial charge in [-0.3, -0.25) is 14.2 Å². The Labute approximate surface area is 152 Å². The lowest BCUT2D eigenvalue weighted by molar-refractivity contribution is -0.129. The third kappa shape index (κ3) is 3.59. The molecule has 3 rings (SSSR count). The molecule has 0 radical (unpaired) electrons. The number of carbonyl (C=O) groups is 1. The summed E-state index contributed by atoms with van der Waals surface area (Å²) in [4.78, 5) is 32.2. The van der Waals surface area contributed by atoms with E-state index in [2.05, 4.69) is 6.92 Å². The molecular formula is C19H25N3O2S. The van der Waals surface area contributed by atoms with Crippen LogP contribution < -0.4 is 5.56 Å². The van der Waals surface area contributed by atoms with Gasteiger partial charge in [-0.25, -0.2) is 4.98 Å². The van der Waals surface area contributed by atoms with Gasteiger partial charge in [0.15, 0.2) is 5.16 Å². The molecular weight excluding hydrogens is 334 g/mol. The van der Waals surface area contributed by atoms with E-state index in [1.807, 2.05) is 43.0 Å². The van der Waals surface area contributed by atoms with E-state index in [-0.39, 0.29) is 22.8 Å². The van der Waals surface area contributed by atoms with Gasteiger partial charge in [-0.1, -0.05) is 30.8 Å². The number of amides is 1. The summed E-state index contributed by atoms with van der Waals surface area (Å²) in [5.74, 6) is 0.139. The van der Waals surface area contributed by atoms with Gasteiger partial charge in [-0.05, 0) is 45.2 Å². The second-order valence-electron chi connectivity index (χ2n) is 6.64. The van der Waals surface area contributed by atoms with Crippen LogP contribution in [0.1, 0.15) is 46.1 Å². The highest BCUT2D eigenvalue weighted by Gasteiger charge is 2.26. The molecule has 1 aliphatic heterocycles. The second-order valence-corrected chi connectivity index (χ2v) is 7.94. The van der Waals surface area contributed by atoms with Crippen molar-refractivity contribution in [2.24, 2.45) is 0 Å². The van der Waals surface area contributed by atoms with Crippen molar-refractivity contribution in [3.8, 4) is 0 Å². The van der Waals surface area contributed by atoms with Crippen LogP contribution in [-0.2, 0) is 4.79 Å². The summed E-state index contributed by atoms with van der Waals surface area (Å²) in [6.07, 6.45) is 2.99. The summed E-state index contributed by atoms with van der Waals surface area (Å²) in [5.41, 5.74) is 0.665. The summed E-state index contributed by atoms with van der Waals surface area (Å²) in [7, 11) is 0. The Hall–Kier alpha value is -1.82. The highest BCUT2D eigenvalue weighted by atomic mass is 32.2. The molecule has 0 bridgehead atoms. The van der Waals surface area contributed by atoms with Crippen molar-refractivity contribution < 1.29 is 4.79 Å². The molecule has 1 aromatic carbocycles. The molecule has 25 heavy (non-hydrogen) atoms. The van der Waals surface area contributed by atoms with E-state index >= 15 is 0 Å². The number of rotatable bonds is 5. The SMILES string of the molecule is CC[C@@H](C)n1c(S[C@@H](C)C(=O)N2CCCC2)nc2ccccc2c1=O. The van der Waals surface area contributed by atoms with Crippen molar-refractivity contribution in [3.63, 3.8) is 0 Å². The van der Waals surface area contributed by atoms with Crippen LogP contribution in [0.25, 0.3) is 10.9 Å². The fraction of sp³-hybridized carbons (Fsp3) is 0.526. The van der Waals surface area contributed by atoms with Crippen LogP contribution >= 0.6 is 11.8 Å². The largest absolute Gasteiger partial charge is 0.342 e. The van der Waals surface area contributed by atoms with Gasteiger partial charge in [-0.2, -0.15) is 0 Å². The number of hydrogen-bond donors (Lipinski definition) is 0. The number of aromatic nitrogens is 2. The average molecular weight is 359 g/mol. The number of likely N-dealkylation sites (tertiary alicyclic amines) is 1. The normalized spacial score (nSPS) is 17.0. The summed E-state index contributed by atoms with van der Waals surface area (Å²) in [6, 6.07) is 7.46. The molecule has 5 nitrogen and oxygen atoms in total. The monoisotopic (exact) mass is 359 g/mol. The Morgan fingerprint density at radius 3 is 2.60 bits per heavy atom. The zero-order valence-electron chi connectivity index (χ0n) is 15.1. The van der Waals surface area contributed by atoms with E-state index in [1.165, 1.54) is 11.8 Å². The standard InChI is InChI=1S/C19H25N3O2S/c1-4-13(2)22-18(24)15-9-5-6-10-16(15)20-19(22)25-14(3)17(23)21-11-7-8-12-21/h5-6,9-10,13-14H,4,7-8,11-12H2,1-3H3/t13-,14+/m1/s1. The van der Waals surface area contributed by atoms with Crippen molar-refractivity contribution in [1.82, 2.24) is 14.5 Å². The minimum Gasteiger partial charge on any atom is -0.342 e. The minimum atomic E-state index is -0.249. The first-order valence-corrected chi connectivity index (χ1v) is 9.87. The smallest absolute Gasteiger partial charge is 0.262 e. The molecule has 0 aliphatic carbocycles. The Balaban J connectivity index is 1.99. The highest BCUT2D eigenvalue weighted by molar-refractivity contribution is 8.00. The maximum Gasteiger partial charge on any atom is 0.262 e. The van der Waals surface area contributed by atoms with Gasteiger partial charge < -0.3 is 4.90 Å². The van der Waals surface area contributed by atoms with Gasteiger partial charge in [0.2, 0.25) is 5.91 Å². The van der Waals surface area contributed by atoms with Gasteiger partial charge >= 0.3 is 0 Å². The van der Waals surface area contributed by atoms with Gasteiger partial charge in [0.25, 0.3) is 5.56 Å². The Bertz CT molecular complexity index is 827.